The molecule has 0 unspecified atom stereocenters. The van der Waals surface area contributed by atoms with Gasteiger partial charge in [0.15, 0.2) is 0 Å². The molecule has 0 aliphatic heterocycles. The van der Waals surface area contributed by atoms with Gasteiger partial charge in [-0.15, -0.1) is 0 Å². The summed E-state index contributed by atoms with van der Waals surface area (Å²) in [5.74, 6) is 0. The lowest BCUT2D eigenvalue weighted by Gasteiger charge is -2.26. The van der Waals surface area contributed by atoms with Gasteiger partial charge < -0.3 is 16.0 Å². The number of anilines is 6. The third-order valence-electron chi connectivity index (χ3n) is 29.7. The Hall–Kier alpha value is -18.8. The van der Waals surface area contributed by atoms with Crippen molar-refractivity contribution in [1.29, 1.82) is 0 Å². The molecule has 0 spiro atoms. The maximum absolute atomic E-state index is 5.89. The van der Waals surface area contributed by atoms with Crippen LogP contribution in [0.1, 0.15) is 0 Å². The molecule has 0 heterocycles. The van der Waals surface area contributed by atoms with Gasteiger partial charge in [0, 0.05) is 34.1 Å². The standard InChI is InChI=1S/C68H43N.C46H31N.C26H17N/c1-2-13-46(14-3-1)66-59-21-8-10-23-61(59)67(62-24-11-9-22-60(62)66)49-31-39-54(40-32-49)69(53-37-29-45(30-38-53)64-43-51-15-4-5-18-55(51)57-19-6-7-20-58(57)64)52-35-27-44(28-36-52)56-41-33-50-26-25-47-16-12-17-48-34-42-63(56)68(50)65(47)48;1-5-13-41-35(9-1)29-36-10-2-6-14-42(36)45(41)33-19-17-31(18-20-33)32-21-25-39(26-22-32)47-40-27-23-34(24-28-40)46-43-15-7-3-11-37(43)30-38-12-4-8-16-44(38)46;27-18-12-10-16(11-13-18)19-14-15-24-22-7-2-5-17-4-1-6-21(25(17)22)23-9-3-8-20(19)26(23)24/h1-43H;1-30,47H;1-15H,27H2. The number of nitrogens with two attached hydrogens (primary N) is 1. The summed E-state index contributed by atoms with van der Waals surface area (Å²) in [6.07, 6.45) is 0. The minimum Gasteiger partial charge on any atom is -0.399 e. The summed E-state index contributed by atoms with van der Waals surface area (Å²) in [5, 5.41) is 42.3. The van der Waals surface area contributed by atoms with Crippen molar-refractivity contribution in [2.24, 2.45) is 0 Å². The van der Waals surface area contributed by atoms with Gasteiger partial charge in [0.25, 0.3) is 0 Å². The third kappa shape index (κ3) is 14.7. The van der Waals surface area contributed by atoms with Crippen LogP contribution in [-0.2, 0) is 0 Å². The lowest BCUT2D eigenvalue weighted by Crippen LogP contribution is -2.09. The Morgan fingerprint density at radius 3 is 0.895 bits per heavy atom. The van der Waals surface area contributed by atoms with E-state index in [0.29, 0.717) is 0 Å². The highest BCUT2D eigenvalue weighted by molar-refractivity contribution is 6.35. The predicted molar refractivity (Wildman–Crippen MR) is 617 cm³/mol. The topological polar surface area (TPSA) is 41.3 Å². The highest BCUT2D eigenvalue weighted by Crippen LogP contribution is 2.50. The summed E-state index contributed by atoms with van der Waals surface area (Å²) in [7, 11) is 0. The second kappa shape index (κ2) is 35.0. The SMILES string of the molecule is Nc1ccc(-c2ccc3c4cccc5cccc(c6cccc2c63)c54)cc1.c1ccc(-c2c3ccccc3c(-c3ccc(N(c4ccc(-c5cc6ccccc6c6ccccc56)cc4)c4ccc(-c5ccc6ccc7cccc8ccc5c6c78)cc4)cc3)c3ccccc23)cc1.c1ccc2c(-c3ccc(Nc4ccc(-c5ccc(-c6c7ccccc7cc7ccccc67)cc5)cc4)cc3)c3ccccc3cc2c1. The quantitative estimate of drug-likeness (QED) is 0.0687. The predicted octanol–water partition coefficient (Wildman–Crippen LogP) is 39.4. The fraction of sp³-hybridized carbons (Fsp3) is 0. The van der Waals surface area contributed by atoms with Crippen LogP contribution in [0, 0.1) is 0 Å². The van der Waals surface area contributed by atoms with Crippen molar-refractivity contribution in [2.75, 3.05) is 16.0 Å². The van der Waals surface area contributed by atoms with Crippen molar-refractivity contribution in [3.63, 3.8) is 0 Å². The first-order valence-electron chi connectivity index (χ1n) is 49.3. The molecule has 143 heavy (non-hydrogen) atoms. The number of nitrogen functional groups attached to an aromatic ring is 1. The van der Waals surface area contributed by atoms with E-state index in [-0.39, 0.29) is 0 Å². The Kier molecular flexibility index (Phi) is 20.5. The van der Waals surface area contributed by atoms with Crippen LogP contribution in [0.4, 0.5) is 34.1 Å². The van der Waals surface area contributed by atoms with Gasteiger partial charge in [0.1, 0.15) is 0 Å². The van der Waals surface area contributed by atoms with E-state index in [1.54, 1.807) is 0 Å². The van der Waals surface area contributed by atoms with Crippen molar-refractivity contribution in [3.8, 4) is 89.0 Å². The van der Waals surface area contributed by atoms with Crippen molar-refractivity contribution in [2.45, 2.75) is 0 Å². The molecule has 0 atom stereocenters. The monoisotopic (exact) mass is 1810 g/mol. The second-order valence-corrected chi connectivity index (χ2v) is 37.8. The lowest BCUT2D eigenvalue weighted by atomic mass is 9.86. The van der Waals surface area contributed by atoms with E-state index < -0.39 is 0 Å². The average molecular weight is 1820 g/mol. The van der Waals surface area contributed by atoms with Crippen molar-refractivity contribution < 1.29 is 0 Å². The molecule has 0 aromatic heterocycles. The van der Waals surface area contributed by atoms with Gasteiger partial charge in [-0.25, -0.2) is 0 Å². The lowest BCUT2D eigenvalue weighted by molar-refractivity contribution is 1.28. The minimum absolute atomic E-state index is 0.794. The van der Waals surface area contributed by atoms with Gasteiger partial charge in [0.2, 0.25) is 0 Å². The Bertz CT molecular complexity index is 9780. The molecular formula is C140H91N3. The smallest absolute Gasteiger partial charge is 0.0462 e. The molecule has 3 nitrogen and oxygen atoms in total. The van der Waals surface area contributed by atoms with E-state index in [9.17, 15) is 0 Å². The van der Waals surface area contributed by atoms with E-state index >= 15 is 0 Å². The zero-order valence-corrected chi connectivity index (χ0v) is 78.3. The molecule has 0 saturated heterocycles. The molecule has 0 radical (unpaired) electrons. The Balaban J connectivity index is 0.000000118. The van der Waals surface area contributed by atoms with Crippen LogP contribution in [-0.4, -0.2) is 0 Å². The van der Waals surface area contributed by atoms with E-state index in [1.165, 1.54) is 251 Å². The first-order valence-corrected chi connectivity index (χ1v) is 49.3. The van der Waals surface area contributed by atoms with Crippen LogP contribution in [0.3, 0.4) is 0 Å². The first kappa shape index (κ1) is 83.6. The van der Waals surface area contributed by atoms with E-state index in [2.05, 4.69) is 532 Å². The zero-order valence-electron chi connectivity index (χ0n) is 78.3. The summed E-state index contributed by atoms with van der Waals surface area (Å²) >= 11 is 0. The Morgan fingerprint density at radius 1 is 0.140 bits per heavy atom. The molecule has 29 aromatic rings. The molecule has 29 rings (SSSR count). The normalized spacial score (nSPS) is 11.7. The number of nitrogens with zero attached hydrogens (tertiary/aromatic N) is 1. The molecule has 0 aliphatic rings. The third-order valence-corrected chi connectivity index (χ3v) is 29.7. The largest absolute Gasteiger partial charge is 0.399 e. The minimum atomic E-state index is 0.794. The summed E-state index contributed by atoms with van der Waals surface area (Å²) in [6, 6.07) is 195. The van der Waals surface area contributed by atoms with Gasteiger partial charge >= 0.3 is 0 Å². The zero-order chi connectivity index (χ0) is 94.5. The molecule has 666 valence electrons. The number of fused-ring (bicyclic) bond motifs is 11. The van der Waals surface area contributed by atoms with E-state index in [4.69, 9.17) is 5.73 Å². The molecule has 0 amide bonds. The van der Waals surface area contributed by atoms with Crippen LogP contribution in [0.25, 0.3) is 251 Å². The summed E-state index contributed by atoms with van der Waals surface area (Å²) < 4.78 is 0. The molecule has 0 saturated carbocycles. The number of hydrogen-bond acceptors (Lipinski definition) is 3. The molecule has 29 aromatic carbocycles. The number of rotatable bonds is 13. The summed E-state index contributed by atoms with van der Waals surface area (Å²) in [5.41, 5.74) is 31.8. The van der Waals surface area contributed by atoms with E-state index in [1.807, 2.05) is 12.1 Å². The number of hydrogen-bond donors (Lipinski definition) is 2. The second-order valence-electron chi connectivity index (χ2n) is 37.8. The Labute approximate surface area is 828 Å². The summed E-state index contributed by atoms with van der Waals surface area (Å²) in [6.45, 7) is 0. The van der Waals surface area contributed by atoms with Crippen LogP contribution >= 0.6 is 0 Å². The maximum atomic E-state index is 5.89. The van der Waals surface area contributed by atoms with Crippen LogP contribution in [0.2, 0.25) is 0 Å². The van der Waals surface area contributed by atoms with Gasteiger partial charge in [-0.05, 0) is 342 Å². The van der Waals surface area contributed by atoms with Crippen molar-refractivity contribution >= 4 is 196 Å². The molecule has 0 aliphatic carbocycles. The fourth-order valence-corrected chi connectivity index (χ4v) is 23.1. The van der Waals surface area contributed by atoms with Crippen molar-refractivity contribution in [1.82, 2.24) is 0 Å². The van der Waals surface area contributed by atoms with Gasteiger partial charge in [-0.3, -0.25) is 0 Å². The molecule has 0 fully saturated rings. The van der Waals surface area contributed by atoms with Crippen LogP contribution < -0.4 is 16.0 Å². The molecular weight excluding hydrogens is 1720 g/mol. The van der Waals surface area contributed by atoms with Crippen LogP contribution in [0.15, 0.2) is 534 Å². The summed E-state index contributed by atoms with van der Waals surface area (Å²) in [4.78, 5) is 2.40. The maximum Gasteiger partial charge on any atom is 0.0462 e. The van der Waals surface area contributed by atoms with Crippen LogP contribution in [0.5, 0.6) is 0 Å². The average Bonchev–Trinajstić information content (AvgIpc) is 0.725. The van der Waals surface area contributed by atoms with Gasteiger partial charge in [-0.1, -0.05) is 443 Å². The van der Waals surface area contributed by atoms with Gasteiger partial charge in [0.05, 0.1) is 0 Å². The van der Waals surface area contributed by atoms with Gasteiger partial charge in [-0.2, -0.15) is 0 Å². The first-order chi connectivity index (χ1) is 70.8. The highest BCUT2D eigenvalue weighted by Gasteiger charge is 2.24. The van der Waals surface area contributed by atoms with Crippen molar-refractivity contribution in [3.05, 3.63) is 534 Å². The number of benzene rings is 29. The van der Waals surface area contributed by atoms with E-state index in [0.717, 1.165) is 34.1 Å². The highest BCUT2D eigenvalue weighted by atomic mass is 15.1. The molecule has 3 N–H and O–H groups in total. The fourth-order valence-electron chi connectivity index (χ4n) is 23.1. The molecule has 0 bridgehead atoms. The Morgan fingerprint density at radius 2 is 0.413 bits per heavy atom. The molecule has 3 heteroatoms. The number of nitrogens with one attached hydrogen (secondary N) is 1.